The molecule has 0 atom stereocenters. The predicted molar refractivity (Wildman–Crippen MR) is 63.6 cm³/mol. The fraction of sp³-hybridized carbons (Fsp3) is 0.833. The van der Waals surface area contributed by atoms with E-state index >= 15 is 0 Å². The summed E-state index contributed by atoms with van der Waals surface area (Å²) in [6, 6.07) is 0.771. The van der Waals surface area contributed by atoms with Crippen molar-refractivity contribution in [3.63, 3.8) is 0 Å². The first-order valence-electron chi connectivity index (χ1n) is 6.40. The molecular weight excluding hydrogens is 218 g/mol. The molecule has 1 aromatic rings. The van der Waals surface area contributed by atoms with E-state index in [1.54, 1.807) is 0 Å². The smallest absolute Gasteiger partial charge is 0.242 e. The average molecular weight is 239 g/mol. The van der Waals surface area contributed by atoms with Crippen molar-refractivity contribution in [2.45, 2.75) is 58.3 Å². The van der Waals surface area contributed by atoms with Gasteiger partial charge in [-0.2, -0.15) is 0 Å². The Morgan fingerprint density at radius 2 is 2.12 bits per heavy atom. The molecule has 0 bridgehead atoms. The molecule has 0 aromatic carbocycles. The summed E-state index contributed by atoms with van der Waals surface area (Å²) in [4.78, 5) is 0. The van der Waals surface area contributed by atoms with Crippen molar-refractivity contribution in [1.82, 2.24) is 15.5 Å². The highest BCUT2D eigenvalue weighted by Crippen LogP contribution is 2.18. The van der Waals surface area contributed by atoms with Crippen molar-refractivity contribution in [1.29, 1.82) is 0 Å². The van der Waals surface area contributed by atoms with Crippen molar-refractivity contribution in [2.75, 3.05) is 6.54 Å². The van der Waals surface area contributed by atoms with E-state index in [2.05, 4.69) is 15.5 Å². The highest BCUT2D eigenvalue weighted by atomic mass is 16.5. The molecule has 1 aliphatic carbocycles. The molecule has 1 saturated carbocycles. The lowest BCUT2D eigenvalue weighted by molar-refractivity contribution is 0.0511. The minimum atomic E-state index is 0.188. The lowest BCUT2D eigenvalue weighted by Gasteiger charge is -2.02. The van der Waals surface area contributed by atoms with Gasteiger partial charge in [-0.05, 0) is 39.7 Å². The molecule has 1 aromatic heterocycles. The zero-order valence-corrected chi connectivity index (χ0v) is 10.6. The van der Waals surface area contributed by atoms with Gasteiger partial charge in [0.15, 0.2) is 0 Å². The van der Waals surface area contributed by atoms with Gasteiger partial charge in [0.2, 0.25) is 11.8 Å². The van der Waals surface area contributed by atoms with Crippen molar-refractivity contribution in [3.8, 4) is 0 Å². The van der Waals surface area contributed by atoms with E-state index in [4.69, 9.17) is 9.15 Å². The normalized spacial score (nSPS) is 15.7. The maximum absolute atomic E-state index is 5.48. The van der Waals surface area contributed by atoms with Gasteiger partial charge in [-0.1, -0.05) is 0 Å². The summed E-state index contributed by atoms with van der Waals surface area (Å²) >= 11 is 0. The number of aryl methyl sites for hydroxylation is 1. The third kappa shape index (κ3) is 4.83. The van der Waals surface area contributed by atoms with E-state index in [1.807, 2.05) is 13.8 Å². The minimum absolute atomic E-state index is 0.188. The van der Waals surface area contributed by atoms with Crippen LogP contribution in [0.1, 0.15) is 44.9 Å². The van der Waals surface area contributed by atoms with E-state index < -0.39 is 0 Å². The third-order valence-electron chi connectivity index (χ3n) is 2.63. The monoisotopic (exact) mass is 239 g/mol. The number of hydrogen-bond donors (Lipinski definition) is 1. The van der Waals surface area contributed by atoms with Crippen LogP contribution in [-0.4, -0.2) is 28.9 Å². The second-order valence-electron chi connectivity index (χ2n) is 4.78. The Morgan fingerprint density at radius 3 is 2.82 bits per heavy atom. The second-order valence-corrected chi connectivity index (χ2v) is 4.78. The van der Waals surface area contributed by atoms with Crippen LogP contribution in [0.2, 0.25) is 0 Å². The molecule has 1 heterocycles. The van der Waals surface area contributed by atoms with Crippen LogP contribution in [0.5, 0.6) is 0 Å². The van der Waals surface area contributed by atoms with Gasteiger partial charge < -0.3 is 14.5 Å². The highest BCUT2D eigenvalue weighted by molar-refractivity contribution is 4.83. The number of ether oxygens (including phenoxy) is 1. The van der Waals surface area contributed by atoms with Gasteiger partial charge in [-0.25, -0.2) is 0 Å². The molecule has 1 N–H and O–H groups in total. The minimum Gasteiger partial charge on any atom is -0.423 e. The third-order valence-corrected chi connectivity index (χ3v) is 2.63. The number of hydrogen-bond acceptors (Lipinski definition) is 5. The molecule has 0 unspecified atom stereocenters. The second kappa shape index (κ2) is 6.12. The molecule has 0 amide bonds. The van der Waals surface area contributed by atoms with Gasteiger partial charge in [-0.15, -0.1) is 10.2 Å². The van der Waals surface area contributed by atoms with Crippen molar-refractivity contribution < 1.29 is 9.15 Å². The van der Waals surface area contributed by atoms with E-state index in [1.165, 1.54) is 12.8 Å². The molecule has 0 saturated heterocycles. The Kier molecular flexibility index (Phi) is 4.50. The fourth-order valence-electron chi connectivity index (χ4n) is 1.52. The van der Waals surface area contributed by atoms with Crippen LogP contribution in [0.15, 0.2) is 4.42 Å². The van der Waals surface area contributed by atoms with E-state index in [-0.39, 0.29) is 6.10 Å². The molecule has 5 heteroatoms. The lowest BCUT2D eigenvalue weighted by Crippen LogP contribution is -2.17. The molecule has 2 rings (SSSR count). The maximum atomic E-state index is 5.48. The Hall–Kier alpha value is -0.940. The molecule has 1 aliphatic rings. The Bertz CT molecular complexity index is 334. The first kappa shape index (κ1) is 12.5. The Balaban J connectivity index is 1.62. The Morgan fingerprint density at radius 1 is 1.35 bits per heavy atom. The van der Waals surface area contributed by atoms with Crippen LogP contribution in [0, 0.1) is 0 Å². The number of nitrogens with zero attached hydrogens (tertiary/aromatic N) is 2. The summed E-state index contributed by atoms with van der Waals surface area (Å²) in [6.07, 6.45) is 4.74. The quantitative estimate of drug-likeness (QED) is 0.699. The molecule has 1 fully saturated rings. The molecule has 5 nitrogen and oxygen atoms in total. The van der Waals surface area contributed by atoms with Crippen LogP contribution in [0.3, 0.4) is 0 Å². The Labute approximate surface area is 102 Å². The molecule has 17 heavy (non-hydrogen) atoms. The van der Waals surface area contributed by atoms with Gasteiger partial charge in [0, 0.05) is 12.5 Å². The predicted octanol–water partition coefficient (Wildman–Crippen LogP) is 1.68. The molecule has 0 spiro atoms. The standard InChI is InChI=1S/C12H21N3O2/c1-9(2)16-8-12-15-14-11(17-12)4-3-7-13-10-5-6-10/h9-10,13H,3-8H2,1-2H3. The zero-order valence-electron chi connectivity index (χ0n) is 10.6. The fourth-order valence-corrected chi connectivity index (χ4v) is 1.52. The van der Waals surface area contributed by atoms with Gasteiger partial charge >= 0.3 is 0 Å². The zero-order chi connectivity index (χ0) is 12.1. The summed E-state index contributed by atoms with van der Waals surface area (Å²) < 4.78 is 10.9. The van der Waals surface area contributed by atoms with Gasteiger partial charge in [-0.3, -0.25) is 0 Å². The van der Waals surface area contributed by atoms with E-state index in [9.17, 15) is 0 Å². The number of aromatic nitrogens is 2. The largest absolute Gasteiger partial charge is 0.423 e. The average Bonchev–Trinajstić information content (AvgIpc) is 3.01. The summed E-state index contributed by atoms with van der Waals surface area (Å²) in [5, 5.41) is 11.4. The van der Waals surface area contributed by atoms with Crippen molar-refractivity contribution in [3.05, 3.63) is 11.8 Å². The van der Waals surface area contributed by atoms with Gasteiger partial charge in [0.05, 0.1) is 6.10 Å². The number of rotatable bonds is 8. The summed E-state index contributed by atoms with van der Waals surface area (Å²) in [6.45, 7) is 5.41. The summed E-state index contributed by atoms with van der Waals surface area (Å²) in [5.74, 6) is 1.29. The van der Waals surface area contributed by atoms with Crippen molar-refractivity contribution >= 4 is 0 Å². The van der Waals surface area contributed by atoms with E-state index in [0.29, 0.717) is 18.4 Å². The van der Waals surface area contributed by atoms with Crippen LogP contribution >= 0.6 is 0 Å². The molecule has 0 aliphatic heterocycles. The van der Waals surface area contributed by atoms with Crippen LogP contribution in [0.25, 0.3) is 0 Å². The van der Waals surface area contributed by atoms with Gasteiger partial charge in [0.25, 0.3) is 0 Å². The first-order valence-corrected chi connectivity index (χ1v) is 6.40. The first-order chi connectivity index (χ1) is 8.24. The summed E-state index contributed by atoms with van der Waals surface area (Å²) in [7, 11) is 0. The molecular formula is C12H21N3O2. The van der Waals surface area contributed by atoms with Crippen molar-refractivity contribution in [2.24, 2.45) is 0 Å². The SMILES string of the molecule is CC(C)OCc1nnc(CCCNC2CC2)o1. The van der Waals surface area contributed by atoms with E-state index in [0.717, 1.165) is 25.4 Å². The summed E-state index contributed by atoms with van der Waals surface area (Å²) in [5.41, 5.74) is 0. The van der Waals surface area contributed by atoms with Crippen LogP contribution < -0.4 is 5.32 Å². The van der Waals surface area contributed by atoms with Crippen LogP contribution in [-0.2, 0) is 17.8 Å². The molecule has 96 valence electrons. The lowest BCUT2D eigenvalue weighted by atomic mass is 10.3. The number of nitrogens with one attached hydrogen (secondary N) is 1. The highest BCUT2D eigenvalue weighted by Gasteiger charge is 2.19. The van der Waals surface area contributed by atoms with Crippen LogP contribution in [0.4, 0.5) is 0 Å². The van der Waals surface area contributed by atoms with Gasteiger partial charge in [0.1, 0.15) is 6.61 Å². The maximum Gasteiger partial charge on any atom is 0.242 e. The topological polar surface area (TPSA) is 60.2 Å². The molecule has 0 radical (unpaired) electrons.